The third-order valence-electron chi connectivity index (χ3n) is 4.16. The molecule has 1 aromatic heterocycles. The van der Waals surface area contributed by atoms with E-state index in [0.717, 1.165) is 41.8 Å². The van der Waals surface area contributed by atoms with Crippen LogP contribution in [0.25, 0.3) is 11.8 Å². The Morgan fingerprint density at radius 1 is 1.29 bits per heavy atom. The Labute approximate surface area is 143 Å². The van der Waals surface area contributed by atoms with Gasteiger partial charge in [0.25, 0.3) is 0 Å². The van der Waals surface area contributed by atoms with E-state index in [-0.39, 0.29) is 5.75 Å². The van der Waals surface area contributed by atoms with Gasteiger partial charge in [-0.1, -0.05) is 19.9 Å². The second-order valence-electron chi connectivity index (χ2n) is 6.79. The first-order valence-electron chi connectivity index (χ1n) is 8.58. The number of hydrogen-bond acceptors (Lipinski definition) is 4. The molecule has 1 aromatic carbocycles. The van der Waals surface area contributed by atoms with Crippen molar-refractivity contribution in [2.24, 2.45) is 5.92 Å². The predicted molar refractivity (Wildman–Crippen MR) is 94.2 cm³/mol. The molecule has 0 bridgehead atoms. The monoisotopic (exact) mass is 327 g/mol. The molecule has 1 aliphatic carbocycles. The minimum Gasteiger partial charge on any atom is -0.505 e. The van der Waals surface area contributed by atoms with Crippen molar-refractivity contribution in [2.75, 3.05) is 6.61 Å². The predicted octanol–water partition coefficient (Wildman–Crippen LogP) is 3.80. The zero-order valence-corrected chi connectivity index (χ0v) is 14.6. The van der Waals surface area contributed by atoms with Crippen molar-refractivity contribution in [3.63, 3.8) is 0 Å². The Morgan fingerprint density at radius 3 is 2.88 bits per heavy atom. The van der Waals surface area contributed by atoms with Crippen molar-refractivity contribution in [1.29, 1.82) is 0 Å². The summed E-state index contributed by atoms with van der Waals surface area (Å²) in [7, 11) is 0. The van der Waals surface area contributed by atoms with E-state index in [2.05, 4.69) is 30.1 Å². The first kappa shape index (κ1) is 16.7. The number of allylic oxidation sites excluding steroid dienone is 1. The molecule has 0 spiro atoms. The van der Waals surface area contributed by atoms with Gasteiger partial charge in [0.2, 0.25) is 0 Å². The fraction of sp³-hybridized carbons (Fsp3) is 0.474. The van der Waals surface area contributed by atoms with Crippen LogP contribution in [0.5, 0.6) is 5.75 Å². The van der Waals surface area contributed by atoms with Crippen LogP contribution in [0.15, 0.2) is 18.2 Å². The molecular formula is C19H25N3O2. The zero-order chi connectivity index (χ0) is 17.1. The van der Waals surface area contributed by atoms with Crippen molar-refractivity contribution in [2.45, 2.75) is 46.6 Å². The third kappa shape index (κ3) is 3.67. The van der Waals surface area contributed by atoms with E-state index < -0.39 is 0 Å². The number of rotatable bonds is 6. The minimum atomic E-state index is 0.196. The Balaban J connectivity index is 1.83. The van der Waals surface area contributed by atoms with Gasteiger partial charge in [0, 0.05) is 12.2 Å². The smallest absolute Gasteiger partial charge is 0.148 e. The molecule has 2 aromatic rings. The summed E-state index contributed by atoms with van der Waals surface area (Å²) in [5.74, 6) is 0.806. The largest absolute Gasteiger partial charge is 0.505 e. The van der Waals surface area contributed by atoms with Gasteiger partial charge in [-0.05, 0) is 55.9 Å². The number of aromatic hydroxyl groups is 1. The topological polar surface area (TPSA) is 60.2 Å². The maximum Gasteiger partial charge on any atom is 0.148 e. The maximum atomic E-state index is 10.6. The summed E-state index contributed by atoms with van der Waals surface area (Å²) < 4.78 is 5.72. The molecule has 0 atom stereocenters. The molecule has 0 unspecified atom stereocenters. The van der Waals surface area contributed by atoms with Gasteiger partial charge >= 0.3 is 0 Å². The highest BCUT2D eigenvalue weighted by atomic mass is 16.5. The molecule has 128 valence electrons. The molecule has 1 heterocycles. The number of fused-ring (bicyclic) bond motifs is 1. The van der Waals surface area contributed by atoms with E-state index in [9.17, 15) is 5.11 Å². The van der Waals surface area contributed by atoms with E-state index in [1.54, 1.807) is 4.80 Å². The van der Waals surface area contributed by atoms with E-state index >= 15 is 0 Å². The van der Waals surface area contributed by atoms with Crippen molar-refractivity contribution in [3.05, 3.63) is 40.7 Å². The van der Waals surface area contributed by atoms with Crippen molar-refractivity contribution in [3.8, 4) is 11.4 Å². The summed E-state index contributed by atoms with van der Waals surface area (Å²) in [6.45, 7) is 7.44. The summed E-state index contributed by atoms with van der Waals surface area (Å²) in [4.78, 5) is 1.54. The molecule has 1 aliphatic rings. The number of nitrogens with zero attached hydrogens (tertiary/aromatic N) is 3. The number of ether oxygens (including phenoxy) is 1. The van der Waals surface area contributed by atoms with Gasteiger partial charge in [0.15, 0.2) is 0 Å². The molecule has 0 radical (unpaired) electrons. The highest BCUT2D eigenvalue weighted by Gasteiger charge is 2.17. The number of benzene rings is 1. The summed E-state index contributed by atoms with van der Waals surface area (Å²) >= 11 is 0. The summed E-state index contributed by atoms with van der Waals surface area (Å²) in [5.41, 5.74) is 4.31. The molecule has 0 amide bonds. The van der Waals surface area contributed by atoms with Gasteiger partial charge in [-0.15, -0.1) is 9.90 Å². The zero-order valence-electron chi connectivity index (χ0n) is 14.6. The van der Waals surface area contributed by atoms with E-state index in [1.807, 2.05) is 25.1 Å². The van der Waals surface area contributed by atoms with Crippen LogP contribution in [0.1, 0.15) is 49.2 Å². The molecule has 0 aliphatic heterocycles. The summed E-state index contributed by atoms with van der Waals surface area (Å²) in [5, 5.41) is 19.7. The molecule has 0 saturated carbocycles. The van der Waals surface area contributed by atoms with Crippen LogP contribution in [0.4, 0.5) is 0 Å². The highest BCUT2D eigenvalue weighted by molar-refractivity contribution is 5.54. The Hall–Kier alpha value is -2.14. The van der Waals surface area contributed by atoms with Crippen LogP contribution in [0.2, 0.25) is 0 Å². The Bertz CT molecular complexity index is 747. The second-order valence-corrected chi connectivity index (χ2v) is 6.79. The van der Waals surface area contributed by atoms with E-state index in [0.29, 0.717) is 24.8 Å². The van der Waals surface area contributed by atoms with Crippen LogP contribution in [-0.2, 0) is 17.8 Å². The molecule has 1 N–H and O–H groups in total. The van der Waals surface area contributed by atoms with Gasteiger partial charge in [0.1, 0.15) is 17.1 Å². The van der Waals surface area contributed by atoms with Crippen molar-refractivity contribution < 1.29 is 9.84 Å². The third-order valence-corrected chi connectivity index (χ3v) is 4.16. The molecule has 0 saturated heterocycles. The fourth-order valence-electron chi connectivity index (χ4n) is 2.78. The first-order valence-corrected chi connectivity index (χ1v) is 8.58. The number of aromatic nitrogens is 3. The quantitative estimate of drug-likeness (QED) is 0.820. The highest BCUT2D eigenvalue weighted by Crippen LogP contribution is 2.29. The molecular weight excluding hydrogens is 302 g/mol. The van der Waals surface area contributed by atoms with Crippen molar-refractivity contribution >= 4 is 6.08 Å². The second kappa shape index (κ2) is 7.18. The number of hydrogen-bond donors (Lipinski definition) is 1. The SMILES string of the molecule is Cc1cc(COCCC(C)C)c(O)c(-n2nc3c(n2)CCC=C3)c1. The van der Waals surface area contributed by atoms with Crippen LogP contribution >= 0.6 is 0 Å². The maximum absolute atomic E-state index is 10.6. The Morgan fingerprint density at radius 2 is 2.12 bits per heavy atom. The van der Waals surface area contributed by atoms with Gasteiger partial charge < -0.3 is 9.84 Å². The number of phenolic OH excluding ortho intramolecular Hbond substituents is 1. The molecule has 0 fully saturated rings. The van der Waals surface area contributed by atoms with E-state index in [4.69, 9.17) is 4.74 Å². The lowest BCUT2D eigenvalue weighted by molar-refractivity contribution is 0.109. The van der Waals surface area contributed by atoms with Crippen LogP contribution in [-0.4, -0.2) is 26.7 Å². The first-order chi connectivity index (χ1) is 11.5. The molecule has 3 rings (SSSR count). The normalized spacial score (nSPS) is 13.5. The average Bonchev–Trinajstić information content (AvgIpc) is 2.97. The van der Waals surface area contributed by atoms with Gasteiger partial charge in [-0.3, -0.25) is 0 Å². The van der Waals surface area contributed by atoms with E-state index in [1.165, 1.54) is 0 Å². The fourth-order valence-corrected chi connectivity index (χ4v) is 2.78. The van der Waals surface area contributed by atoms with Crippen molar-refractivity contribution in [1.82, 2.24) is 15.0 Å². The lowest BCUT2D eigenvalue weighted by atomic mass is 10.1. The standard InChI is InChI=1S/C19H25N3O2/c1-13(2)8-9-24-12-15-10-14(3)11-18(19(15)23)22-20-16-6-4-5-7-17(16)21-22/h4,6,10-11,13,23H,5,7-9,12H2,1-3H3. The molecule has 5 heteroatoms. The van der Waals surface area contributed by atoms with Crippen LogP contribution in [0, 0.1) is 12.8 Å². The van der Waals surface area contributed by atoms with Gasteiger partial charge in [-0.2, -0.15) is 5.10 Å². The molecule has 5 nitrogen and oxygen atoms in total. The van der Waals surface area contributed by atoms with Gasteiger partial charge in [-0.25, -0.2) is 0 Å². The van der Waals surface area contributed by atoms with Crippen LogP contribution < -0.4 is 0 Å². The lowest BCUT2D eigenvalue weighted by Gasteiger charge is -2.12. The Kier molecular flexibility index (Phi) is 5.00. The summed E-state index contributed by atoms with van der Waals surface area (Å²) in [6, 6.07) is 3.86. The number of aryl methyl sites for hydroxylation is 2. The summed E-state index contributed by atoms with van der Waals surface area (Å²) in [6.07, 6.45) is 6.99. The number of phenols is 1. The van der Waals surface area contributed by atoms with Gasteiger partial charge in [0.05, 0.1) is 12.3 Å². The molecule has 24 heavy (non-hydrogen) atoms. The lowest BCUT2D eigenvalue weighted by Crippen LogP contribution is -2.04. The van der Waals surface area contributed by atoms with Crippen LogP contribution in [0.3, 0.4) is 0 Å². The minimum absolute atomic E-state index is 0.196. The average molecular weight is 327 g/mol.